The highest BCUT2D eigenvalue weighted by atomic mass is 15.1. The summed E-state index contributed by atoms with van der Waals surface area (Å²) in [4.78, 5) is 10.7. The number of rotatable bonds is 6. The fraction of sp³-hybridized carbons (Fsp3) is 0.167. The second-order valence-corrected chi connectivity index (χ2v) is 6.32. The van der Waals surface area contributed by atoms with Gasteiger partial charge in [-0.05, 0) is 50.2 Å². The molecule has 0 atom stereocenters. The molecular formula is C24H28N4. The van der Waals surface area contributed by atoms with Gasteiger partial charge in [-0.15, -0.1) is 0 Å². The largest absolute Gasteiger partial charge is 0.371 e. The van der Waals surface area contributed by atoms with Gasteiger partial charge >= 0.3 is 0 Å². The zero-order chi connectivity index (χ0) is 19.6. The molecule has 0 aliphatic carbocycles. The zero-order valence-electron chi connectivity index (χ0n) is 16.5. The summed E-state index contributed by atoms with van der Waals surface area (Å²) in [5.41, 5.74) is 4.73. The van der Waals surface area contributed by atoms with Crippen molar-refractivity contribution in [1.29, 1.82) is 0 Å². The summed E-state index contributed by atoms with van der Waals surface area (Å²) in [6, 6.07) is 24.9. The van der Waals surface area contributed by atoms with E-state index in [4.69, 9.17) is 0 Å². The van der Waals surface area contributed by atoms with E-state index in [-0.39, 0.29) is 0 Å². The maximum atomic E-state index is 3.11. The van der Waals surface area contributed by atoms with E-state index in [1.165, 1.54) is 5.69 Å². The molecule has 4 rings (SSSR count). The van der Waals surface area contributed by atoms with Crippen molar-refractivity contribution in [2.75, 3.05) is 22.9 Å². The van der Waals surface area contributed by atoms with Crippen molar-refractivity contribution < 1.29 is 0 Å². The maximum Gasteiger partial charge on any atom is 0.0636 e. The molecule has 28 heavy (non-hydrogen) atoms. The quantitative estimate of drug-likeness (QED) is 0.414. The lowest BCUT2D eigenvalue weighted by Gasteiger charge is -2.23. The smallest absolute Gasteiger partial charge is 0.0636 e. The monoisotopic (exact) mass is 372 g/mol. The Balaban J connectivity index is 0.000000192. The highest BCUT2D eigenvalue weighted by molar-refractivity contribution is 5.75. The predicted octanol–water partition coefficient (Wildman–Crippen LogP) is 6.35. The van der Waals surface area contributed by atoms with Crippen LogP contribution < -0.4 is 9.80 Å². The number of H-pyrrole nitrogens is 2. The first-order valence-electron chi connectivity index (χ1n) is 9.74. The Morgan fingerprint density at radius 2 is 1.04 bits per heavy atom. The lowest BCUT2D eigenvalue weighted by molar-refractivity contribution is 0.867. The number of hydrogen-bond acceptors (Lipinski definition) is 2. The molecule has 0 radical (unpaired) electrons. The average molecular weight is 373 g/mol. The van der Waals surface area contributed by atoms with Crippen LogP contribution in [0.3, 0.4) is 0 Å². The molecule has 144 valence electrons. The number of nitrogens with zero attached hydrogens (tertiary/aromatic N) is 2. The number of para-hydroxylation sites is 2. The molecular weight excluding hydrogens is 344 g/mol. The van der Waals surface area contributed by atoms with Crippen molar-refractivity contribution in [2.45, 2.75) is 13.8 Å². The molecule has 0 aliphatic rings. The van der Waals surface area contributed by atoms with Gasteiger partial charge in [0.05, 0.1) is 11.4 Å². The fourth-order valence-corrected chi connectivity index (χ4v) is 3.16. The number of hydrogen-bond donors (Lipinski definition) is 2. The van der Waals surface area contributed by atoms with Crippen LogP contribution in [-0.4, -0.2) is 23.1 Å². The van der Waals surface area contributed by atoms with Gasteiger partial charge < -0.3 is 19.8 Å². The summed E-state index contributed by atoms with van der Waals surface area (Å²) in [5.74, 6) is 0. The van der Waals surface area contributed by atoms with Crippen LogP contribution in [-0.2, 0) is 0 Å². The van der Waals surface area contributed by atoms with Crippen molar-refractivity contribution in [3.63, 3.8) is 0 Å². The molecule has 0 unspecified atom stereocenters. The fourth-order valence-electron chi connectivity index (χ4n) is 3.16. The summed E-state index contributed by atoms with van der Waals surface area (Å²) < 4.78 is 0. The molecule has 0 saturated heterocycles. The van der Waals surface area contributed by atoms with E-state index in [0.29, 0.717) is 0 Å². The Morgan fingerprint density at radius 1 is 0.571 bits per heavy atom. The molecule has 2 aromatic carbocycles. The lowest BCUT2D eigenvalue weighted by Crippen LogP contribution is -2.20. The molecule has 0 spiro atoms. The molecule has 0 saturated carbocycles. The van der Waals surface area contributed by atoms with Crippen LogP contribution in [0.4, 0.5) is 22.7 Å². The number of anilines is 4. The third-order valence-electron chi connectivity index (χ3n) is 4.58. The molecule has 0 aliphatic heterocycles. The van der Waals surface area contributed by atoms with E-state index in [1.807, 2.05) is 36.9 Å². The van der Waals surface area contributed by atoms with Gasteiger partial charge in [-0.2, -0.15) is 0 Å². The Hall–Kier alpha value is -3.40. The number of benzene rings is 2. The van der Waals surface area contributed by atoms with Gasteiger partial charge in [0.1, 0.15) is 0 Å². The Morgan fingerprint density at radius 3 is 1.43 bits per heavy atom. The van der Waals surface area contributed by atoms with Crippen LogP contribution in [0, 0.1) is 0 Å². The van der Waals surface area contributed by atoms with Crippen LogP contribution in [0.2, 0.25) is 0 Å². The second kappa shape index (κ2) is 10.1. The lowest BCUT2D eigenvalue weighted by atomic mass is 10.2. The van der Waals surface area contributed by atoms with Crippen LogP contribution in [0.15, 0.2) is 97.6 Å². The number of aromatic nitrogens is 2. The summed E-state index contributed by atoms with van der Waals surface area (Å²) in [6.07, 6.45) is 7.91. The minimum absolute atomic E-state index is 1.08. The van der Waals surface area contributed by atoms with Gasteiger partial charge in [0.2, 0.25) is 0 Å². The standard InChI is InChI=1S/C16H14N2.C8H14N2/c1-3-7-14(8-4-1)18(16-11-12-17-13-16)15-9-5-2-6-10-15;1-3-10(4-2)8-5-6-9-7-8/h1-13,17H;5-7,9H,3-4H2,1-2H3. The highest BCUT2D eigenvalue weighted by Crippen LogP contribution is 2.33. The third-order valence-corrected chi connectivity index (χ3v) is 4.58. The van der Waals surface area contributed by atoms with Gasteiger partial charge in [-0.3, -0.25) is 0 Å². The SMILES string of the molecule is CCN(CC)c1cc[nH]c1.c1ccc(N(c2ccccc2)c2cc[nH]c2)cc1. The minimum Gasteiger partial charge on any atom is -0.371 e. The Labute approximate surface area is 167 Å². The van der Waals surface area contributed by atoms with Gasteiger partial charge in [0.15, 0.2) is 0 Å². The summed E-state index contributed by atoms with van der Waals surface area (Å²) in [7, 11) is 0. The molecule has 4 heteroatoms. The molecule has 0 fully saturated rings. The second-order valence-electron chi connectivity index (χ2n) is 6.32. The first-order chi connectivity index (χ1) is 13.8. The van der Waals surface area contributed by atoms with Gasteiger partial charge in [-0.25, -0.2) is 0 Å². The van der Waals surface area contributed by atoms with E-state index in [0.717, 1.165) is 30.2 Å². The van der Waals surface area contributed by atoms with Gasteiger partial charge in [0, 0.05) is 49.3 Å². The Kier molecular flexibility index (Phi) is 6.96. The van der Waals surface area contributed by atoms with E-state index >= 15 is 0 Å². The molecule has 2 N–H and O–H groups in total. The van der Waals surface area contributed by atoms with Gasteiger partial charge in [0.25, 0.3) is 0 Å². The maximum absolute atomic E-state index is 3.11. The molecule has 4 nitrogen and oxygen atoms in total. The number of nitrogens with one attached hydrogen (secondary N) is 2. The van der Waals surface area contributed by atoms with Crippen molar-refractivity contribution in [1.82, 2.24) is 9.97 Å². The van der Waals surface area contributed by atoms with Crippen molar-refractivity contribution in [3.8, 4) is 0 Å². The third kappa shape index (κ3) is 4.86. The van der Waals surface area contributed by atoms with Crippen molar-refractivity contribution in [2.24, 2.45) is 0 Å². The van der Waals surface area contributed by atoms with E-state index in [2.05, 4.69) is 94.3 Å². The molecule has 0 amide bonds. The van der Waals surface area contributed by atoms with Crippen molar-refractivity contribution >= 4 is 22.7 Å². The first kappa shape index (κ1) is 19.4. The molecule has 2 aromatic heterocycles. The molecule has 4 aromatic rings. The van der Waals surface area contributed by atoms with Crippen LogP contribution in [0.1, 0.15) is 13.8 Å². The minimum atomic E-state index is 1.08. The van der Waals surface area contributed by atoms with Crippen molar-refractivity contribution in [3.05, 3.63) is 97.6 Å². The summed E-state index contributed by atoms with van der Waals surface area (Å²) in [5, 5.41) is 0. The normalized spacial score (nSPS) is 10.1. The average Bonchev–Trinajstić information content (AvgIpc) is 3.46. The highest BCUT2D eigenvalue weighted by Gasteiger charge is 2.11. The zero-order valence-corrected chi connectivity index (χ0v) is 16.5. The predicted molar refractivity (Wildman–Crippen MR) is 120 cm³/mol. The Bertz CT molecular complexity index is 841. The summed E-state index contributed by atoms with van der Waals surface area (Å²) >= 11 is 0. The topological polar surface area (TPSA) is 38.1 Å². The molecule has 0 bridgehead atoms. The van der Waals surface area contributed by atoms with Crippen LogP contribution >= 0.6 is 0 Å². The summed E-state index contributed by atoms with van der Waals surface area (Å²) in [6.45, 7) is 6.48. The van der Waals surface area contributed by atoms with E-state index < -0.39 is 0 Å². The van der Waals surface area contributed by atoms with Crippen LogP contribution in [0.5, 0.6) is 0 Å². The van der Waals surface area contributed by atoms with E-state index in [1.54, 1.807) is 0 Å². The first-order valence-corrected chi connectivity index (χ1v) is 9.74. The van der Waals surface area contributed by atoms with E-state index in [9.17, 15) is 0 Å². The van der Waals surface area contributed by atoms with Gasteiger partial charge in [-0.1, -0.05) is 36.4 Å². The number of aromatic amines is 2. The molecule has 2 heterocycles. The van der Waals surface area contributed by atoms with Crippen LogP contribution in [0.25, 0.3) is 0 Å².